The standard InChI is InChI=1S/C15H22N2O2/c1-17(11-9-12-6-4-5-10-16-12)14-8-3-2-7-13(14)15(18)19/h4-6,10,13-14H,2-3,7-9,11H2,1H3,(H,18,19). The summed E-state index contributed by atoms with van der Waals surface area (Å²) in [4.78, 5) is 17.8. The minimum Gasteiger partial charge on any atom is -0.481 e. The molecule has 104 valence electrons. The van der Waals surface area contributed by atoms with Crippen molar-refractivity contribution in [2.24, 2.45) is 5.92 Å². The van der Waals surface area contributed by atoms with E-state index >= 15 is 0 Å². The normalized spacial score (nSPS) is 23.5. The van der Waals surface area contributed by atoms with Gasteiger partial charge in [-0.2, -0.15) is 0 Å². The van der Waals surface area contributed by atoms with Crippen molar-refractivity contribution in [3.05, 3.63) is 30.1 Å². The lowest BCUT2D eigenvalue weighted by Crippen LogP contribution is -2.44. The Morgan fingerprint density at radius 3 is 2.89 bits per heavy atom. The molecule has 0 saturated heterocycles. The van der Waals surface area contributed by atoms with Crippen LogP contribution in [-0.2, 0) is 11.2 Å². The molecule has 0 amide bonds. The molecule has 4 heteroatoms. The molecule has 4 nitrogen and oxygen atoms in total. The first-order valence-electron chi connectivity index (χ1n) is 7.01. The van der Waals surface area contributed by atoms with Gasteiger partial charge in [-0.1, -0.05) is 18.9 Å². The summed E-state index contributed by atoms with van der Waals surface area (Å²) in [7, 11) is 2.04. The minimum atomic E-state index is -0.644. The monoisotopic (exact) mass is 262 g/mol. The zero-order chi connectivity index (χ0) is 13.7. The van der Waals surface area contributed by atoms with Gasteiger partial charge in [0.25, 0.3) is 0 Å². The molecule has 2 unspecified atom stereocenters. The van der Waals surface area contributed by atoms with Crippen molar-refractivity contribution in [2.75, 3.05) is 13.6 Å². The van der Waals surface area contributed by atoms with Gasteiger partial charge in [0.15, 0.2) is 0 Å². The number of carboxylic acid groups (broad SMARTS) is 1. The number of likely N-dealkylation sites (N-methyl/N-ethyl adjacent to an activating group) is 1. The fourth-order valence-electron chi connectivity index (χ4n) is 2.93. The number of rotatable bonds is 5. The smallest absolute Gasteiger partial charge is 0.308 e. The Bertz CT molecular complexity index is 408. The number of hydrogen-bond donors (Lipinski definition) is 1. The van der Waals surface area contributed by atoms with E-state index in [0.29, 0.717) is 0 Å². The number of nitrogens with zero attached hydrogens (tertiary/aromatic N) is 2. The molecule has 0 spiro atoms. The van der Waals surface area contributed by atoms with Crippen LogP contribution >= 0.6 is 0 Å². The molecular weight excluding hydrogens is 240 g/mol. The van der Waals surface area contributed by atoms with Gasteiger partial charge in [0.05, 0.1) is 5.92 Å². The lowest BCUT2D eigenvalue weighted by Gasteiger charge is -2.35. The molecular formula is C15H22N2O2. The summed E-state index contributed by atoms with van der Waals surface area (Å²) in [6.07, 6.45) is 6.67. The molecule has 1 heterocycles. The molecule has 0 bridgehead atoms. The van der Waals surface area contributed by atoms with Gasteiger partial charge in [-0.15, -0.1) is 0 Å². The summed E-state index contributed by atoms with van der Waals surface area (Å²) < 4.78 is 0. The van der Waals surface area contributed by atoms with E-state index in [1.165, 1.54) is 0 Å². The Kier molecular flexibility index (Phi) is 4.91. The van der Waals surface area contributed by atoms with Crippen LogP contribution in [0.2, 0.25) is 0 Å². The summed E-state index contributed by atoms with van der Waals surface area (Å²) in [5.41, 5.74) is 1.07. The summed E-state index contributed by atoms with van der Waals surface area (Å²) in [6.45, 7) is 0.867. The van der Waals surface area contributed by atoms with E-state index in [4.69, 9.17) is 0 Å². The van der Waals surface area contributed by atoms with Crippen molar-refractivity contribution in [1.82, 2.24) is 9.88 Å². The molecule has 1 aliphatic carbocycles. The van der Waals surface area contributed by atoms with Crippen LogP contribution in [0.4, 0.5) is 0 Å². The van der Waals surface area contributed by atoms with Gasteiger partial charge in [-0.05, 0) is 32.0 Å². The van der Waals surface area contributed by atoms with Gasteiger partial charge in [0.1, 0.15) is 0 Å². The van der Waals surface area contributed by atoms with Gasteiger partial charge >= 0.3 is 5.97 Å². The van der Waals surface area contributed by atoms with Crippen molar-refractivity contribution in [2.45, 2.75) is 38.1 Å². The number of hydrogen-bond acceptors (Lipinski definition) is 3. The number of pyridine rings is 1. The van der Waals surface area contributed by atoms with Crippen LogP contribution in [0.15, 0.2) is 24.4 Å². The molecule has 19 heavy (non-hydrogen) atoms. The van der Waals surface area contributed by atoms with Crippen LogP contribution in [0.3, 0.4) is 0 Å². The van der Waals surface area contributed by atoms with E-state index in [-0.39, 0.29) is 12.0 Å². The topological polar surface area (TPSA) is 53.4 Å². The quantitative estimate of drug-likeness (QED) is 0.884. The molecule has 1 N–H and O–H groups in total. The Hall–Kier alpha value is -1.42. The second-order valence-electron chi connectivity index (χ2n) is 5.35. The lowest BCUT2D eigenvalue weighted by molar-refractivity contribution is -0.145. The molecule has 0 radical (unpaired) electrons. The number of carboxylic acids is 1. The third-order valence-electron chi connectivity index (χ3n) is 4.06. The molecule has 1 saturated carbocycles. The van der Waals surface area contributed by atoms with E-state index in [1.807, 2.05) is 25.2 Å². The van der Waals surface area contributed by atoms with Gasteiger partial charge in [0, 0.05) is 30.9 Å². The fourth-order valence-corrected chi connectivity index (χ4v) is 2.93. The van der Waals surface area contributed by atoms with Gasteiger partial charge < -0.3 is 10.0 Å². The first-order valence-corrected chi connectivity index (χ1v) is 7.01. The maximum atomic E-state index is 11.3. The fraction of sp³-hybridized carbons (Fsp3) is 0.600. The third-order valence-corrected chi connectivity index (χ3v) is 4.06. The van der Waals surface area contributed by atoms with E-state index in [1.54, 1.807) is 6.20 Å². The number of carbonyl (C=O) groups is 1. The highest BCUT2D eigenvalue weighted by Gasteiger charge is 2.33. The van der Waals surface area contributed by atoms with Crippen molar-refractivity contribution in [3.8, 4) is 0 Å². The van der Waals surface area contributed by atoms with Crippen molar-refractivity contribution in [1.29, 1.82) is 0 Å². The molecule has 0 aliphatic heterocycles. The Morgan fingerprint density at radius 1 is 1.42 bits per heavy atom. The van der Waals surface area contributed by atoms with Crippen LogP contribution < -0.4 is 0 Å². The summed E-state index contributed by atoms with van der Waals surface area (Å²) >= 11 is 0. The molecule has 0 aromatic carbocycles. The van der Waals surface area contributed by atoms with Crippen LogP contribution in [0.25, 0.3) is 0 Å². The van der Waals surface area contributed by atoms with Gasteiger partial charge in [-0.25, -0.2) is 0 Å². The van der Waals surface area contributed by atoms with Gasteiger partial charge in [0.2, 0.25) is 0 Å². The number of aromatic nitrogens is 1. The Labute approximate surface area is 114 Å². The Balaban J connectivity index is 1.90. The molecule has 1 aromatic heterocycles. The molecule has 2 rings (SSSR count). The minimum absolute atomic E-state index is 0.176. The highest BCUT2D eigenvalue weighted by molar-refractivity contribution is 5.71. The van der Waals surface area contributed by atoms with E-state index in [0.717, 1.165) is 44.3 Å². The largest absolute Gasteiger partial charge is 0.481 e. The highest BCUT2D eigenvalue weighted by Crippen LogP contribution is 2.28. The first-order chi connectivity index (χ1) is 9.18. The predicted molar refractivity (Wildman–Crippen MR) is 74.0 cm³/mol. The van der Waals surface area contributed by atoms with E-state index < -0.39 is 5.97 Å². The summed E-state index contributed by atoms with van der Waals surface area (Å²) in [5, 5.41) is 9.30. The molecule has 1 aromatic rings. The summed E-state index contributed by atoms with van der Waals surface area (Å²) in [5.74, 6) is -0.850. The van der Waals surface area contributed by atoms with Crippen LogP contribution in [0, 0.1) is 5.92 Å². The van der Waals surface area contributed by atoms with Crippen molar-refractivity contribution < 1.29 is 9.90 Å². The maximum Gasteiger partial charge on any atom is 0.308 e. The Morgan fingerprint density at radius 2 is 2.21 bits per heavy atom. The zero-order valence-electron chi connectivity index (χ0n) is 11.5. The van der Waals surface area contributed by atoms with E-state index in [2.05, 4.69) is 9.88 Å². The first kappa shape index (κ1) is 14.0. The average molecular weight is 262 g/mol. The number of aliphatic carboxylic acids is 1. The van der Waals surface area contributed by atoms with Crippen molar-refractivity contribution >= 4 is 5.97 Å². The molecule has 1 fully saturated rings. The lowest BCUT2D eigenvalue weighted by atomic mass is 9.83. The highest BCUT2D eigenvalue weighted by atomic mass is 16.4. The molecule has 2 atom stereocenters. The van der Waals surface area contributed by atoms with E-state index in [9.17, 15) is 9.90 Å². The molecule has 1 aliphatic rings. The SMILES string of the molecule is CN(CCc1ccccn1)C1CCCCC1C(=O)O. The van der Waals surface area contributed by atoms with Crippen LogP contribution in [0.5, 0.6) is 0 Å². The second kappa shape index (κ2) is 6.66. The average Bonchev–Trinajstić information content (AvgIpc) is 2.46. The summed E-state index contributed by atoms with van der Waals surface area (Å²) in [6, 6.07) is 6.09. The third kappa shape index (κ3) is 3.77. The maximum absolute atomic E-state index is 11.3. The van der Waals surface area contributed by atoms with Crippen LogP contribution in [-0.4, -0.2) is 40.6 Å². The predicted octanol–water partition coefficient (Wildman–Crippen LogP) is 2.20. The van der Waals surface area contributed by atoms with Crippen molar-refractivity contribution in [3.63, 3.8) is 0 Å². The zero-order valence-corrected chi connectivity index (χ0v) is 11.5. The van der Waals surface area contributed by atoms with Crippen LogP contribution in [0.1, 0.15) is 31.4 Å². The second-order valence-corrected chi connectivity index (χ2v) is 5.35. The van der Waals surface area contributed by atoms with Gasteiger partial charge in [-0.3, -0.25) is 9.78 Å².